The first kappa shape index (κ1) is 16.3. The molecule has 2 unspecified atom stereocenters. The summed E-state index contributed by atoms with van der Waals surface area (Å²) in [7, 11) is 0. The summed E-state index contributed by atoms with van der Waals surface area (Å²) in [6.07, 6.45) is 6.21. The molecule has 1 aromatic rings. The minimum Gasteiger partial charge on any atom is -0.478 e. The molecular weight excluding hydrogens is 284 g/mol. The standard InChI is InChI=1S/C16H24N2O2S/c1-4-12-13(5-2)17-18-15(14(12)16(19)20)21-11-8-6-7-10(3)9-11/h10-11H,4-9H2,1-3H3,(H,19,20). The van der Waals surface area contributed by atoms with Crippen molar-refractivity contribution in [3.63, 3.8) is 0 Å². The topological polar surface area (TPSA) is 63.1 Å². The van der Waals surface area contributed by atoms with E-state index in [0.29, 0.717) is 22.3 Å². The molecule has 1 aromatic heterocycles. The molecule has 1 aliphatic rings. The van der Waals surface area contributed by atoms with E-state index in [1.165, 1.54) is 12.8 Å². The van der Waals surface area contributed by atoms with Gasteiger partial charge in [0.1, 0.15) is 5.03 Å². The van der Waals surface area contributed by atoms with Crippen LogP contribution in [0.4, 0.5) is 0 Å². The minimum atomic E-state index is -0.872. The number of carbonyl (C=O) groups is 1. The zero-order chi connectivity index (χ0) is 15.4. The summed E-state index contributed by atoms with van der Waals surface area (Å²) in [5.41, 5.74) is 2.05. The molecule has 1 heterocycles. The first-order valence-electron chi connectivity index (χ1n) is 7.85. The van der Waals surface area contributed by atoms with Gasteiger partial charge in [-0.1, -0.05) is 33.6 Å². The molecule has 0 aromatic carbocycles. The molecule has 5 heteroatoms. The van der Waals surface area contributed by atoms with Crippen LogP contribution in [0.5, 0.6) is 0 Å². The molecular formula is C16H24N2O2S. The zero-order valence-corrected chi connectivity index (χ0v) is 13.9. The Bertz CT molecular complexity index is 519. The van der Waals surface area contributed by atoms with Crippen LogP contribution in [-0.4, -0.2) is 26.5 Å². The largest absolute Gasteiger partial charge is 0.478 e. The molecule has 0 aliphatic heterocycles. The third-order valence-corrected chi connectivity index (χ3v) is 5.46. The highest BCUT2D eigenvalue weighted by molar-refractivity contribution is 7.99. The number of nitrogens with zero attached hydrogens (tertiary/aromatic N) is 2. The molecule has 0 saturated heterocycles. The molecule has 2 rings (SSSR count). The maximum absolute atomic E-state index is 11.7. The van der Waals surface area contributed by atoms with Crippen molar-refractivity contribution < 1.29 is 9.90 Å². The number of hydrogen-bond acceptors (Lipinski definition) is 4. The Morgan fingerprint density at radius 1 is 1.29 bits per heavy atom. The van der Waals surface area contributed by atoms with Gasteiger partial charge in [-0.25, -0.2) is 4.79 Å². The van der Waals surface area contributed by atoms with E-state index in [1.54, 1.807) is 11.8 Å². The van der Waals surface area contributed by atoms with Crippen molar-refractivity contribution in [3.05, 3.63) is 16.8 Å². The molecule has 0 bridgehead atoms. The Kier molecular flexibility index (Phi) is 5.62. The fourth-order valence-electron chi connectivity index (χ4n) is 3.10. The van der Waals surface area contributed by atoms with Crippen LogP contribution in [0.3, 0.4) is 0 Å². The fraction of sp³-hybridized carbons (Fsp3) is 0.688. The Labute approximate surface area is 130 Å². The van der Waals surface area contributed by atoms with Crippen LogP contribution in [0, 0.1) is 5.92 Å². The van der Waals surface area contributed by atoms with E-state index in [2.05, 4.69) is 17.1 Å². The van der Waals surface area contributed by atoms with Crippen LogP contribution < -0.4 is 0 Å². The highest BCUT2D eigenvalue weighted by Gasteiger charge is 2.25. The highest BCUT2D eigenvalue weighted by atomic mass is 32.2. The Balaban J connectivity index is 2.32. The van der Waals surface area contributed by atoms with Crippen LogP contribution >= 0.6 is 11.8 Å². The fourth-order valence-corrected chi connectivity index (χ4v) is 4.54. The van der Waals surface area contributed by atoms with Crippen molar-refractivity contribution in [1.82, 2.24) is 10.2 Å². The lowest BCUT2D eigenvalue weighted by Gasteiger charge is -2.26. The monoisotopic (exact) mass is 308 g/mol. The number of rotatable bonds is 5. The molecule has 116 valence electrons. The van der Waals surface area contributed by atoms with E-state index in [1.807, 2.05) is 13.8 Å². The van der Waals surface area contributed by atoms with Gasteiger partial charge < -0.3 is 5.11 Å². The average molecular weight is 308 g/mol. The number of hydrogen-bond donors (Lipinski definition) is 1. The van der Waals surface area contributed by atoms with Crippen molar-refractivity contribution in [3.8, 4) is 0 Å². The lowest BCUT2D eigenvalue weighted by Crippen LogP contribution is -2.17. The molecule has 0 spiro atoms. The second kappa shape index (κ2) is 7.25. The normalized spacial score (nSPS) is 22.2. The van der Waals surface area contributed by atoms with Gasteiger partial charge in [0.25, 0.3) is 0 Å². The average Bonchev–Trinajstić information content (AvgIpc) is 2.46. The zero-order valence-electron chi connectivity index (χ0n) is 13.1. The van der Waals surface area contributed by atoms with Gasteiger partial charge >= 0.3 is 5.97 Å². The van der Waals surface area contributed by atoms with Gasteiger partial charge in [-0.2, -0.15) is 5.10 Å². The van der Waals surface area contributed by atoms with Crippen LogP contribution in [0.25, 0.3) is 0 Å². The van der Waals surface area contributed by atoms with Crippen molar-refractivity contribution >= 4 is 17.7 Å². The second-order valence-electron chi connectivity index (χ2n) is 5.83. The Morgan fingerprint density at radius 2 is 2.05 bits per heavy atom. The summed E-state index contributed by atoms with van der Waals surface area (Å²) in [6.45, 7) is 6.25. The van der Waals surface area contributed by atoms with Crippen molar-refractivity contribution in [2.24, 2.45) is 5.92 Å². The molecule has 0 radical (unpaired) electrons. The third-order valence-electron chi connectivity index (χ3n) is 4.19. The predicted molar refractivity (Wildman–Crippen MR) is 85.0 cm³/mol. The first-order chi connectivity index (χ1) is 10.1. The lowest BCUT2D eigenvalue weighted by atomic mass is 9.91. The van der Waals surface area contributed by atoms with Gasteiger partial charge in [-0.15, -0.1) is 16.9 Å². The lowest BCUT2D eigenvalue weighted by molar-refractivity contribution is 0.0690. The molecule has 21 heavy (non-hydrogen) atoms. The van der Waals surface area contributed by atoms with Gasteiger partial charge in [0, 0.05) is 5.25 Å². The SMILES string of the molecule is CCc1nnc(SC2CCCC(C)C2)c(C(=O)O)c1CC. The number of carboxylic acids is 1. The molecule has 4 nitrogen and oxygen atoms in total. The molecule has 1 aliphatic carbocycles. The predicted octanol–water partition coefficient (Wildman–Crippen LogP) is 3.97. The summed E-state index contributed by atoms with van der Waals surface area (Å²) in [5.74, 6) is -0.152. The number of carboxylic acid groups (broad SMARTS) is 1. The number of aryl methyl sites for hydroxylation is 1. The molecule has 0 amide bonds. The quantitative estimate of drug-likeness (QED) is 0.891. The Hall–Kier alpha value is -1.10. The summed E-state index contributed by atoms with van der Waals surface area (Å²) in [5, 5.41) is 19.2. The van der Waals surface area contributed by atoms with E-state index < -0.39 is 5.97 Å². The first-order valence-corrected chi connectivity index (χ1v) is 8.73. The number of thioether (sulfide) groups is 1. The number of aromatic nitrogens is 2. The number of aromatic carboxylic acids is 1. The summed E-state index contributed by atoms with van der Waals surface area (Å²) >= 11 is 1.62. The third kappa shape index (κ3) is 3.76. The highest BCUT2D eigenvalue weighted by Crippen LogP contribution is 2.37. The Morgan fingerprint density at radius 3 is 2.62 bits per heavy atom. The maximum atomic E-state index is 11.7. The second-order valence-corrected chi connectivity index (χ2v) is 7.12. The van der Waals surface area contributed by atoms with Crippen molar-refractivity contribution in [2.75, 3.05) is 0 Å². The van der Waals surface area contributed by atoms with Crippen LogP contribution in [-0.2, 0) is 12.8 Å². The molecule has 1 N–H and O–H groups in total. The van der Waals surface area contributed by atoms with Gasteiger partial charge in [0.2, 0.25) is 0 Å². The molecule has 1 saturated carbocycles. The van der Waals surface area contributed by atoms with Gasteiger partial charge in [0.15, 0.2) is 0 Å². The summed E-state index contributed by atoms with van der Waals surface area (Å²) in [6, 6.07) is 0. The van der Waals surface area contributed by atoms with Crippen LogP contribution in [0.2, 0.25) is 0 Å². The maximum Gasteiger partial charge on any atom is 0.338 e. The van der Waals surface area contributed by atoms with E-state index in [9.17, 15) is 9.90 Å². The van der Waals surface area contributed by atoms with Gasteiger partial charge in [-0.3, -0.25) is 0 Å². The smallest absolute Gasteiger partial charge is 0.338 e. The summed E-state index contributed by atoms with van der Waals surface area (Å²) in [4.78, 5) is 11.7. The van der Waals surface area contributed by atoms with Crippen LogP contribution in [0.15, 0.2) is 5.03 Å². The van der Waals surface area contributed by atoms with Crippen molar-refractivity contribution in [2.45, 2.75) is 69.6 Å². The van der Waals surface area contributed by atoms with E-state index in [0.717, 1.165) is 36.4 Å². The minimum absolute atomic E-state index is 0.382. The van der Waals surface area contributed by atoms with Gasteiger partial charge in [0.05, 0.1) is 11.3 Å². The van der Waals surface area contributed by atoms with Crippen molar-refractivity contribution in [1.29, 1.82) is 0 Å². The molecule has 2 atom stereocenters. The van der Waals surface area contributed by atoms with E-state index in [4.69, 9.17) is 0 Å². The van der Waals surface area contributed by atoms with Gasteiger partial charge in [-0.05, 0) is 37.2 Å². The van der Waals surface area contributed by atoms with E-state index in [-0.39, 0.29) is 0 Å². The van der Waals surface area contributed by atoms with E-state index >= 15 is 0 Å². The summed E-state index contributed by atoms with van der Waals surface area (Å²) < 4.78 is 0. The molecule has 1 fully saturated rings. The van der Waals surface area contributed by atoms with Crippen LogP contribution in [0.1, 0.15) is 68.1 Å².